The Balaban J connectivity index is 2.76. The van der Waals surface area contributed by atoms with E-state index in [1.54, 1.807) is 24.3 Å². The Bertz CT molecular complexity index is 370. The van der Waals surface area contributed by atoms with E-state index in [0.717, 1.165) is 5.56 Å². The van der Waals surface area contributed by atoms with Crippen molar-refractivity contribution in [3.63, 3.8) is 0 Å². The van der Waals surface area contributed by atoms with Crippen molar-refractivity contribution < 1.29 is 14.7 Å². The van der Waals surface area contributed by atoms with Crippen LogP contribution in [0, 0.1) is 6.92 Å². The molecule has 0 radical (unpaired) electrons. The molecule has 0 aliphatic rings. The van der Waals surface area contributed by atoms with Gasteiger partial charge in [-0.05, 0) is 6.92 Å². The number of alkyl halides is 1. The van der Waals surface area contributed by atoms with Gasteiger partial charge >= 0.3 is 5.97 Å². The molecular weight excluding hydrogens is 216 g/mol. The normalized spacial score (nSPS) is 12.1. The summed E-state index contributed by atoms with van der Waals surface area (Å²) in [5.74, 6) is -1.42. The van der Waals surface area contributed by atoms with Crippen LogP contribution in [0.4, 0.5) is 0 Å². The zero-order valence-electron chi connectivity index (χ0n) is 8.24. The van der Waals surface area contributed by atoms with E-state index in [2.05, 4.69) is 0 Å². The molecule has 0 saturated carbocycles. The number of hydrogen-bond donors (Lipinski definition) is 1. The van der Waals surface area contributed by atoms with Gasteiger partial charge in [0.1, 0.15) is 5.38 Å². The average molecular weight is 227 g/mol. The summed E-state index contributed by atoms with van der Waals surface area (Å²) in [6, 6.07) is 6.87. The lowest BCUT2D eigenvalue weighted by atomic mass is 10.0. The number of benzene rings is 1. The predicted octanol–water partition coefficient (Wildman–Crippen LogP) is 2.26. The summed E-state index contributed by atoms with van der Waals surface area (Å²) in [5.41, 5.74) is 1.48. The second kappa shape index (κ2) is 4.94. The Hall–Kier alpha value is -1.35. The smallest absolute Gasteiger partial charge is 0.305 e. The van der Waals surface area contributed by atoms with Crippen molar-refractivity contribution in [2.75, 3.05) is 0 Å². The fourth-order valence-corrected chi connectivity index (χ4v) is 1.40. The highest BCUT2D eigenvalue weighted by Crippen LogP contribution is 2.12. The van der Waals surface area contributed by atoms with Gasteiger partial charge in [-0.3, -0.25) is 9.59 Å². The lowest BCUT2D eigenvalue weighted by molar-refractivity contribution is -0.136. The van der Waals surface area contributed by atoms with Crippen molar-refractivity contribution >= 4 is 23.4 Å². The molecule has 0 saturated heterocycles. The van der Waals surface area contributed by atoms with Gasteiger partial charge in [0.25, 0.3) is 0 Å². The first kappa shape index (κ1) is 11.7. The minimum Gasteiger partial charge on any atom is -0.481 e. The zero-order chi connectivity index (χ0) is 11.4. The molecule has 0 bridgehead atoms. The van der Waals surface area contributed by atoms with Gasteiger partial charge in [-0.1, -0.05) is 29.8 Å². The van der Waals surface area contributed by atoms with Crippen LogP contribution in [-0.2, 0) is 4.79 Å². The Morgan fingerprint density at radius 2 is 1.87 bits per heavy atom. The van der Waals surface area contributed by atoms with Crippen molar-refractivity contribution in [1.82, 2.24) is 0 Å². The fourth-order valence-electron chi connectivity index (χ4n) is 1.14. The molecule has 1 aromatic rings. The van der Waals surface area contributed by atoms with Gasteiger partial charge in [0.15, 0.2) is 5.78 Å². The highest BCUT2D eigenvalue weighted by molar-refractivity contribution is 6.34. The van der Waals surface area contributed by atoms with Gasteiger partial charge in [-0.15, -0.1) is 11.6 Å². The summed E-state index contributed by atoms with van der Waals surface area (Å²) in [6.45, 7) is 1.91. The SMILES string of the molecule is Cc1ccc(C(=O)C(Cl)CC(=O)O)cc1. The molecule has 1 N–H and O–H groups in total. The highest BCUT2D eigenvalue weighted by atomic mass is 35.5. The number of Topliss-reactive ketones (excluding diaryl/α,β-unsaturated/α-hetero) is 1. The lowest BCUT2D eigenvalue weighted by Crippen LogP contribution is -2.18. The van der Waals surface area contributed by atoms with E-state index < -0.39 is 11.3 Å². The molecule has 1 unspecified atom stereocenters. The summed E-state index contributed by atoms with van der Waals surface area (Å²) in [6.07, 6.45) is -0.353. The van der Waals surface area contributed by atoms with Crippen LogP contribution in [-0.4, -0.2) is 22.2 Å². The van der Waals surface area contributed by atoms with Crippen molar-refractivity contribution in [2.24, 2.45) is 0 Å². The average Bonchev–Trinajstić information content (AvgIpc) is 2.17. The standard InChI is InChI=1S/C11H11ClO3/c1-7-2-4-8(5-3-7)11(15)9(12)6-10(13)14/h2-5,9H,6H2,1H3,(H,13,14). The molecule has 1 rings (SSSR count). The molecule has 4 heteroatoms. The Labute approximate surface area is 92.7 Å². The minimum atomic E-state index is -1.07. The molecule has 0 spiro atoms. The quantitative estimate of drug-likeness (QED) is 0.633. The van der Waals surface area contributed by atoms with Gasteiger partial charge in [0.05, 0.1) is 6.42 Å². The molecule has 0 fully saturated rings. The van der Waals surface area contributed by atoms with Crippen molar-refractivity contribution in [1.29, 1.82) is 0 Å². The molecule has 3 nitrogen and oxygen atoms in total. The van der Waals surface area contributed by atoms with Gasteiger partial charge in [0, 0.05) is 5.56 Å². The van der Waals surface area contributed by atoms with E-state index in [1.165, 1.54) is 0 Å². The Morgan fingerprint density at radius 1 is 1.33 bits per heavy atom. The molecule has 0 aromatic heterocycles. The second-order valence-electron chi connectivity index (χ2n) is 3.30. The fraction of sp³-hybridized carbons (Fsp3) is 0.273. The van der Waals surface area contributed by atoms with Crippen LogP contribution in [0.2, 0.25) is 0 Å². The number of ketones is 1. The van der Waals surface area contributed by atoms with Crippen LogP contribution >= 0.6 is 11.6 Å². The Morgan fingerprint density at radius 3 is 2.33 bits per heavy atom. The summed E-state index contributed by atoms with van der Waals surface area (Å²) in [7, 11) is 0. The number of aliphatic carboxylic acids is 1. The lowest BCUT2D eigenvalue weighted by Gasteiger charge is -2.05. The molecular formula is C11H11ClO3. The maximum Gasteiger partial charge on any atom is 0.305 e. The molecule has 0 heterocycles. The molecule has 0 aliphatic heterocycles. The first-order valence-electron chi connectivity index (χ1n) is 4.47. The number of carboxylic acid groups (broad SMARTS) is 1. The molecule has 0 aliphatic carbocycles. The van der Waals surface area contributed by atoms with Crippen LogP contribution in [0.15, 0.2) is 24.3 Å². The maximum atomic E-state index is 11.6. The van der Waals surface area contributed by atoms with Crippen LogP contribution in [0.1, 0.15) is 22.3 Å². The Kier molecular flexibility index (Phi) is 3.86. The van der Waals surface area contributed by atoms with Gasteiger partial charge < -0.3 is 5.11 Å². The van der Waals surface area contributed by atoms with Gasteiger partial charge in [-0.2, -0.15) is 0 Å². The monoisotopic (exact) mass is 226 g/mol. The third-order valence-electron chi connectivity index (χ3n) is 1.97. The van der Waals surface area contributed by atoms with Gasteiger partial charge in [-0.25, -0.2) is 0 Å². The van der Waals surface area contributed by atoms with Crippen LogP contribution in [0.25, 0.3) is 0 Å². The number of halogens is 1. The highest BCUT2D eigenvalue weighted by Gasteiger charge is 2.19. The third-order valence-corrected chi connectivity index (χ3v) is 2.33. The van der Waals surface area contributed by atoms with E-state index in [-0.39, 0.29) is 12.2 Å². The van der Waals surface area contributed by atoms with E-state index in [1.807, 2.05) is 6.92 Å². The third kappa shape index (κ3) is 3.36. The van der Waals surface area contributed by atoms with Crippen molar-refractivity contribution in [3.8, 4) is 0 Å². The first-order valence-corrected chi connectivity index (χ1v) is 4.91. The summed E-state index contributed by atoms with van der Waals surface area (Å²) >= 11 is 5.67. The topological polar surface area (TPSA) is 54.4 Å². The number of rotatable bonds is 4. The van der Waals surface area contributed by atoms with E-state index in [4.69, 9.17) is 16.7 Å². The molecule has 1 aromatic carbocycles. The van der Waals surface area contributed by atoms with Crippen molar-refractivity contribution in [3.05, 3.63) is 35.4 Å². The number of carboxylic acids is 1. The zero-order valence-corrected chi connectivity index (χ0v) is 8.99. The van der Waals surface area contributed by atoms with Gasteiger partial charge in [0.2, 0.25) is 0 Å². The minimum absolute atomic E-state index is 0.348. The van der Waals surface area contributed by atoms with Crippen LogP contribution in [0.5, 0.6) is 0 Å². The molecule has 1 atom stereocenters. The first-order chi connectivity index (χ1) is 7.00. The second-order valence-corrected chi connectivity index (χ2v) is 3.82. The van der Waals surface area contributed by atoms with E-state index in [9.17, 15) is 9.59 Å². The van der Waals surface area contributed by atoms with E-state index in [0.29, 0.717) is 5.56 Å². The van der Waals surface area contributed by atoms with E-state index >= 15 is 0 Å². The molecule has 0 amide bonds. The molecule has 15 heavy (non-hydrogen) atoms. The number of aryl methyl sites for hydroxylation is 1. The number of hydrogen-bond acceptors (Lipinski definition) is 2. The van der Waals surface area contributed by atoms with Crippen molar-refractivity contribution in [2.45, 2.75) is 18.7 Å². The van der Waals surface area contributed by atoms with Crippen LogP contribution < -0.4 is 0 Å². The summed E-state index contributed by atoms with van der Waals surface area (Å²) in [5, 5.41) is 7.49. The number of carbonyl (C=O) groups excluding carboxylic acids is 1. The molecule has 80 valence electrons. The summed E-state index contributed by atoms with van der Waals surface area (Å²) in [4.78, 5) is 22.0. The number of carbonyl (C=O) groups is 2. The summed E-state index contributed by atoms with van der Waals surface area (Å²) < 4.78 is 0. The maximum absolute atomic E-state index is 11.6. The largest absolute Gasteiger partial charge is 0.481 e. The van der Waals surface area contributed by atoms with Crippen LogP contribution in [0.3, 0.4) is 0 Å². The predicted molar refractivity (Wildman–Crippen MR) is 57.4 cm³/mol.